The van der Waals surface area contributed by atoms with Crippen molar-refractivity contribution in [2.24, 2.45) is 0 Å². The first kappa shape index (κ1) is 11.4. The van der Waals surface area contributed by atoms with Crippen LogP contribution in [0.1, 0.15) is 0 Å². The first-order valence-corrected chi connectivity index (χ1v) is 5.99. The van der Waals surface area contributed by atoms with E-state index in [2.05, 4.69) is 27.0 Å². The first-order valence-electron chi connectivity index (χ1n) is 5.99. The molecule has 2 heterocycles. The van der Waals surface area contributed by atoms with Crippen molar-refractivity contribution < 1.29 is 0 Å². The molecular weight excluding hydrogens is 238 g/mol. The van der Waals surface area contributed by atoms with Crippen molar-refractivity contribution in [3.63, 3.8) is 0 Å². The van der Waals surface area contributed by atoms with Crippen LogP contribution in [0, 0.1) is 0 Å². The number of para-hydroxylation sites is 1. The lowest BCUT2D eigenvalue weighted by molar-refractivity contribution is 0.895. The van der Waals surface area contributed by atoms with Crippen LogP contribution in [0.4, 0.5) is 5.95 Å². The van der Waals surface area contributed by atoms with Gasteiger partial charge in [-0.15, -0.1) is 6.58 Å². The lowest BCUT2D eigenvalue weighted by Gasteiger charge is -2.04. The van der Waals surface area contributed by atoms with Crippen molar-refractivity contribution >= 4 is 17.0 Å². The summed E-state index contributed by atoms with van der Waals surface area (Å²) >= 11 is 0. The molecule has 5 heteroatoms. The van der Waals surface area contributed by atoms with Crippen LogP contribution < -0.4 is 5.32 Å². The van der Waals surface area contributed by atoms with Gasteiger partial charge in [-0.3, -0.25) is 0 Å². The van der Waals surface area contributed by atoms with Gasteiger partial charge in [-0.2, -0.15) is 10.1 Å². The van der Waals surface area contributed by atoms with E-state index in [1.165, 1.54) is 0 Å². The van der Waals surface area contributed by atoms with E-state index < -0.39 is 0 Å². The van der Waals surface area contributed by atoms with Gasteiger partial charge in [0.05, 0.1) is 17.3 Å². The van der Waals surface area contributed by atoms with Crippen molar-refractivity contribution in [3.05, 3.63) is 55.4 Å². The summed E-state index contributed by atoms with van der Waals surface area (Å²) in [6, 6.07) is 9.90. The van der Waals surface area contributed by atoms with Gasteiger partial charge in [0.15, 0.2) is 5.65 Å². The number of hydrogen-bond acceptors (Lipinski definition) is 4. The Bertz CT molecular complexity index is 702. The molecule has 5 nitrogen and oxygen atoms in total. The lowest BCUT2D eigenvalue weighted by Crippen LogP contribution is -2.04. The maximum atomic E-state index is 4.48. The summed E-state index contributed by atoms with van der Waals surface area (Å²) in [5.41, 5.74) is 1.76. The monoisotopic (exact) mass is 251 g/mol. The predicted molar refractivity (Wildman–Crippen MR) is 75.3 cm³/mol. The van der Waals surface area contributed by atoms with Gasteiger partial charge < -0.3 is 5.32 Å². The number of aromatic nitrogens is 4. The Labute approximate surface area is 110 Å². The van der Waals surface area contributed by atoms with Gasteiger partial charge in [0.25, 0.3) is 0 Å². The molecular formula is C14H13N5. The molecule has 0 aliphatic rings. The van der Waals surface area contributed by atoms with Crippen LogP contribution in [0.15, 0.2) is 55.4 Å². The van der Waals surface area contributed by atoms with Crippen molar-refractivity contribution in [3.8, 4) is 5.69 Å². The molecule has 0 fully saturated rings. The van der Waals surface area contributed by atoms with Crippen molar-refractivity contribution in [1.82, 2.24) is 19.7 Å². The lowest BCUT2D eigenvalue weighted by atomic mass is 10.3. The SMILES string of the molecule is C=CCNc1ncc2cnn(-c3ccccc3)c2n1. The number of rotatable bonds is 4. The Morgan fingerprint density at radius 1 is 1.21 bits per heavy atom. The van der Waals surface area contributed by atoms with E-state index in [0.29, 0.717) is 12.5 Å². The Morgan fingerprint density at radius 2 is 2.05 bits per heavy atom. The van der Waals surface area contributed by atoms with Gasteiger partial charge in [0.2, 0.25) is 5.95 Å². The molecule has 3 rings (SSSR count). The average molecular weight is 251 g/mol. The highest BCUT2D eigenvalue weighted by atomic mass is 15.3. The summed E-state index contributed by atoms with van der Waals surface area (Å²) in [4.78, 5) is 8.71. The van der Waals surface area contributed by atoms with E-state index in [1.807, 2.05) is 30.3 Å². The number of nitrogens with zero attached hydrogens (tertiary/aromatic N) is 4. The summed E-state index contributed by atoms with van der Waals surface area (Å²) in [5.74, 6) is 0.574. The molecule has 0 atom stereocenters. The summed E-state index contributed by atoms with van der Waals surface area (Å²) in [6.45, 7) is 4.29. The van der Waals surface area contributed by atoms with Gasteiger partial charge in [-0.05, 0) is 12.1 Å². The standard InChI is InChI=1S/C14H13N5/c1-2-8-15-14-16-9-11-10-17-19(13(11)18-14)12-6-4-3-5-7-12/h2-7,9-10H,1,8H2,(H,15,16,18). The van der Waals surface area contributed by atoms with Crippen LogP contribution >= 0.6 is 0 Å². The minimum Gasteiger partial charge on any atom is -0.351 e. The first-order chi connectivity index (χ1) is 9.38. The van der Waals surface area contributed by atoms with E-state index in [-0.39, 0.29) is 0 Å². The molecule has 94 valence electrons. The van der Waals surface area contributed by atoms with Gasteiger partial charge in [-0.1, -0.05) is 24.3 Å². The van der Waals surface area contributed by atoms with Gasteiger partial charge >= 0.3 is 0 Å². The maximum absolute atomic E-state index is 4.48. The largest absolute Gasteiger partial charge is 0.351 e. The third-order valence-electron chi connectivity index (χ3n) is 2.71. The highest BCUT2D eigenvalue weighted by Crippen LogP contribution is 2.16. The Morgan fingerprint density at radius 3 is 2.84 bits per heavy atom. The second kappa shape index (κ2) is 4.89. The third-order valence-corrected chi connectivity index (χ3v) is 2.71. The highest BCUT2D eigenvalue weighted by molar-refractivity contribution is 5.76. The highest BCUT2D eigenvalue weighted by Gasteiger charge is 2.07. The van der Waals surface area contributed by atoms with E-state index in [9.17, 15) is 0 Å². The molecule has 0 unspecified atom stereocenters. The molecule has 0 aliphatic heterocycles. The van der Waals surface area contributed by atoms with Crippen molar-refractivity contribution in [2.45, 2.75) is 0 Å². The predicted octanol–water partition coefficient (Wildman–Crippen LogP) is 2.41. The molecule has 0 saturated carbocycles. The maximum Gasteiger partial charge on any atom is 0.224 e. The zero-order valence-corrected chi connectivity index (χ0v) is 10.3. The number of benzene rings is 1. The third kappa shape index (κ3) is 2.18. The van der Waals surface area contributed by atoms with E-state index in [4.69, 9.17) is 0 Å². The van der Waals surface area contributed by atoms with Crippen LogP contribution in [0.25, 0.3) is 16.7 Å². The zero-order valence-electron chi connectivity index (χ0n) is 10.3. The Kier molecular flexibility index (Phi) is 2.94. The molecule has 0 spiro atoms. The summed E-state index contributed by atoms with van der Waals surface area (Å²) in [6.07, 6.45) is 5.29. The van der Waals surface area contributed by atoms with Gasteiger partial charge in [0, 0.05) is 12.7 Å². The summed E-state index contributed by atoms with van der Waals surface area (Å²) in [7, 11) is 0. The normalized spacial score (nSPS) is 10.5. The average Bonchev–Trinajstić information content (AvgIpc) is 2.89. The van der Waals surface area contributed by atoms with E-state index in [0.717, 1.165) is 16.7 Å². The molecule has 0 saturated heterocycles. The quantitative estimate of drug-likeness (QED) is 0.723. The number of anilines is 1. The second-order valence-electron chi connectivity index (χ2n) is 4.03. The van der Waals surface area contributed by atoms with Gasteiger partial charge in [0.1, 0.15) is 0 Å². The molecule has 2 aromatic heterocycles. The molecule has 1 N–H and O–H groups in total. The number of hydrogen-bond donors (Lipinski definition) is 1. The molecule has 0 amide bonds. The zero-order chi connectivity index (χ0) is 13.1. The minimum atomic E-state index is 0.574. The molecule has 0 bridgehead atoms. The summed E-state index contributed by atoms with van der Waals surface area (Å²) < 4.78 is 1.80. The topological polar surface area (TPSA) is 55.6 Å². The van der Waals surface area contributed by atoms with Crippen LogP contribution in [-0.4, -0.2) is 26.3 Å². The number of fused-ring (bicyclic) bond motifs is 1. The van der Waals surface area contributed by atoms with Crippen LogP contribution in [0.5, 0.6) is 0 Å². The van der Waals surface area contributed by atoms with E-state index >= 15 is 0 Å². The fraction of sp³-hybridized carbons (Fsp3) is 0.0714. The van der Waals surface area contributed by atoms with Gasteiger partial charge in [-0.25, -0.2) is 9.67 Å². The fourth-order valence-corrected chi connectivity index (χ4v) is 1.82. The number of nitrogens with one attached hydrogen (secondary N) is 1. The fourth-order valence-electron chi connectivity index (χ4n) is 1.82. The molecule has 19 heavy (non-hydrogen) atoms. The van der Waals surface area contributed by atoms with E-state index in [1.54, 1.807) is 23.2 Å². The van der Waals surface area contributed by atoms with Crippen LogP contribution in [-0.2, 0) is 0 Å². The Hall–Kier alpha value is -2.69. The van der Waals surface area contributed by atoms with Crippen LogP contribution in [0.2, 0.25) is 0 Å². The Balaban J connectivity index is 2.08. The van der Waals surface area contributed by atoms with Crippen molar-refractivity contribution in [2.75, 3.05) is 11.9 Å². The molecule has 0 radical (unpaired) electrons. The summed E-state index contributed by atoms with van der Waals surface area (Å²) in [5, 5.41) is 8.34. The van der Waals surface area contributed by atoms with Crippen molar-refractivity contribution in [1.29, 1.82) is 0 Å². The molecule has 3 aromatic rings. The second-order valence-corrected chi connectivity index (χ2v) is 4.03. The molecule has 1 aromatic carbocycles. The van der Waals surface area contributed by atoms with Crippen LogP contribution in [0.3, 0.4) is 0 Å². The molecule has 0 aliphatic carbocycles. The smallest absolute Gasteiger partial charge is 0.224 e. The minimum absolute atomic E-state index is 0.574.